The first-order valence-electron chi connectivity index (χ1n) is 5.59. The number of aryl methyl sites for hydroxylation is 1. The monoisotopic (exact) mass is 422 g/mol. The minimum absolute atomic E-state index is 0.0828. The topological polar surface area (TPSA) is 85.3 Å². The third kappa shape index (κ3) is 3.43. The van der Waals surface area contributed by atoms with E-state index in [2.05, 4.69) is 36.6 Å². The normalized spacial score (nSPS) is 11.8. The van der Waals surface area contributed by atoms with E-state index in [4.69, 9.17) is 10.2 Å². The van der Waals surface area contributed by atoms with Gasteiger partial charge in [0.05, 0.1) is 6.54 Å². The highest BCUT2D eigenvalue weighted by atomic mass is 79.9. The van der Waals surface area contributed by atoms with Gasteiger partial charge in [-0.1, -0.05) is 0 Å². The van der Waals surface area contributed by atoms with E-state index in [-0.39, 0.29) is 11.4 Å². The first kappa shape index (κ1) is 15.6. The standard InChI is InChI=1S/C12H12Br2N2O3S/c1-7-2-3-9(19-7)6-16-20(17,18)12-10(13)4-8(15)5-11(12)14/h2-5,16H,6,15H2,1H3. The first-order chi connectivity index (χ1) is 9.29. The molecular formula is C12H12Br2N2O3S. The van der Waals surface area contributed by atoms with Crippen molar-refractivity contribution in [1.29, 1.82) is 0 Å². The smallest absolute Gasteiger partial charge is 0.243 e. The van der Waals surface area contributed by atoms with Crippen LogP contribution in [0.3, 0.4) is 0 Å². The highest BCUT2D eigenvalue weighted by molar-refractivity contribution is 9.11. The number of rotatable bonds is 4. The Balaban J connectivity index is 2.27. The van der Waals surface area contributed by atoms with E-state index in [1.807, 2.05) is 0 Å². The fourth-order valence-electron chi connectivity index (χ4n) is 1.65. The van der Waals surface area contributed by atoms with Crippen molar-refractivity contribution in [2.24, 2.45) is 0 Å². The number of halogens is 2. The Morgan fingerprint density at radius 2 is 1.85 bits per heavy atom. The van der Waals surface area contributed by atoms with E-state index in [0.717, 1.165) is 5.76 Å². The summed E-state index contributed by atoms with van der Waals surface area (Å²) in [5.41, 5.74) is 6.11. The number of nitrogens with two attached hydrogens (primary N) is 1. The van der Waals surface area contributed by atoms with Crippen LogP contribution in [0.1, 0.15) is 11.5 Å². The van der Waals surface area contributed by atoms with Crippen LogP contribution in [0.15, 0.2) is 42.5 Å². The zero-order valence-electron chi connectivity index (χ0n) is 10.5. The van der Waals surface area contributed by atoms with Crippen molar-refractivity contribution < 1.29 is 12.8 Å². The molecule has 1 heterocycles. The maximum Gasteiger partial charge on any atom is 0.243 e. The van der Waals surface area contributed by atoms with Crippen LogP contribution in [0.25, 0.3) is 0 Å². The summed E-state index contributed by atoms with van der Waals surface area (Å²) in [6, 6.07) is 6.58. The molecule has 0 aliphatic carbocycles. The Morgan fingerprint density at radius 1 is 1.25 bits per heavy atom. The lowest BCUT2D eigenvalue weighted by Gasteiger charge is -2.10. The highest BCUT2D eigenvalue weighted by Crippen LogP contribution is 2.32. The molecule has 0 saturated heterocycles. The van der Waals surface area contributed by atoms with Gasteiger partial charge in [0.25, 0.3) is 0 Å². The third-order valence-corrected chi connectivity index (χ3v) is 5.80. The largest absolute Gasteiger partial charge is 0.465 e. The third-order valence-electron chi connectivity index (χ3n) is 2.52. The van der Waals surface area contributed by atoms with Crippen LogP contribution in [-0.4, -0.2) is 8.42 Å². The first-order valence-corrected chi connectivity index (χ1v) is 8.66. The van der Waals surface area contributed by atoms with E-state index in [1.165, 1.54) is 12.1 Å². The molecule has 0 aliphatic heterocycles. The van der Waals surface area contributed by atoms with Crippen LogP contribution in [0, 0.1) is 6.92 Å². The maximum atomic E-state index is 12.3. The van der Waals surface area contributed by atoms with Gasteiger partial charge in [-0.05, 0) is 63.0 Å². The van der Waals surface area contributed by atoms with Gasteiger partial charge in [0.2, 0.25) is 10.0 Å². The number of hydrogen-bond acceptors (Lipinski definition) is 4. The van der Waals surface area contributed by atoms with Gasteiger partial charge in [-0.3, -0.25) is 0 Å². The summed E-state index contributed by atoms with van der Waals surface area (Å²) < 4.78 is 33.2. The molecule has 0 bridgehead atoms. The second-order valence-corrected chi connectivity index (χ2v) is 7.56. The highest BCUT2D eigenvalue weighted by Gasteiger charge is 2.21. The molecule has 2 rings (SSSR count). The molecule has 0 amide bonds. The van der Waals surface area contributed by atoms with Crippen molar-refractivity contribution in [3.05, 3.63) is 44.7 Å². The summed E-state index contributed by atoms with van der Waals surface area (Å²) in [6.45, 7) is 1.88. The van der Waals surface area contributed by atoms with Crippen LogP contribution in [-0.2, 0) is 16.6 Å². The number of nitrogens with one attached hydrogen (secondary N) is 1. The average molecular weight is 424 g/mol. The Labute approximate surface area is 133 Å². The van der Waals surface area contributed by atoms with Crippen molar-refractivity contribution in [3.63, 3.8) is 0 Å². The molecule has 2 aromatic rings. The summed E-state index contributed by atoms with van der Waals surface area (Å²) in [5.74, 6) is 1.28. The number of anilines is 1. The molecule has 108 valence electrons. The Kier molecular flexibility index (Phi) is 4.58. The quantitative estimate of drug-likeness (QED) is 0.739. The van der Waals surface area contributed by atoms with E-state index >= 15 is 0 Å². The molecule has 1 aromatic carbocycles. The number of nitrogen functional groups attached to an aromatic ring is 1. The average Bonchev–Trinajstić information content (AvgIpc) is 2.71. The molecule has 1 aromatic heterocycles. The van der Waals surface area contributed by atoms with Crippen LogP contribution >= 0.6 is 31.9 Å². The fourth-order valence-corrected chi connectivity index (χ4v) is 5.26. The summed E-state index contributed by atoms with van der Waals surface area (Å²) in [6.07, 6.45) is 0. The minimum atomic E-state index is -3.69. The number of sulfonamides is 1. The van der Waals surface area contributed by atoms with Crippen molar-refractivity contribution >= 4 is 47.6 Å². The predicted molar refractivity (Wildman–Crippen MR) is 83.7 cm³/mol. The molecule has 0 atom stereocenters. The van der Waals surface area contributed by atoms with Crippen LogP contribution in [0.5, 0.6) is 0 Å². The van der Waals surface area contributed by atoms with Gasteiger partial charge in [0.15, 0.2) is 0 Å². The van der Waals surface area contributed by atoms with Gasteiger partial charge in [-0.2, -0.15) is 0 Å². The Bertz CT molecular complexity index is 718. The zero-order chi connectivity index (χ0) is 14.9. The lowest BCUT2D eigenvalue weighted by molar-refractivity contribution is 0.475. The van der Waals surface area contributed by atoms with E-state index < -0.39 is 10.0 Å². The zero-order valence-corrected chi connectivity index (χ0v) is 14.5. The second-order valence-electron chi connectivity index (χ2n) is 4.15. The van der Waals surface area contributed by atoms with Crippen molar-refractivity contribution in [3.8, 4) is 0 Å². The molecule has 0 unspecified atom stereocenters. The summed E-state index contributed by atoms with van der Waals surface area (Å²) >= 11 is 6.42. The van der Waals surface area contributed by atoms with Gasteiger partial charge in [-0.15, -0.1) is 0 Å². The molecule has 0 fully saturated rings. The molecule has 3 N–H and O–H groups in total. The summed E-state index contributed by atoms with van der Waals surface area (Å²) in [5, 5.41) is 0. The Hall–Kier alpha value is -0.830. The molecule has 0 aliphatic rings. The van der Waals surface area contributed by atoms with E-state index in [1.54, 1.807) is 19.1 Å². The van der Waals surface area contributed by atoms with Crippen molar-refractivity contribution in [1.82, 2.24) is 4.72 Å². The van der Waals surface area contributed by atoms with E-state index in [9.17, 15) is 8.42 Å². The lowest BCUT2D eigenvalue weighted by Crippen LogP contribution is -2.24. The number of furan rings is 1. The van der Waals surface area contributed by atoms with Crippen LogP contribution in [0.4, 0.5) is 5.69 Å². The molecular weight excluding hydrogens is 412 g/mol. The molecule has 20 heavy (non-hydrogen) atoms. The Morgan fingerprint density at radius 3 is 2.35 bits per heavy atom. The number of hydrogen-bond donors (Lipinski definition) is 2. The molecule has 8 heteroatoms. The van der Waals surface area contributed by atoms with Gasteiger partial charge in [0, 0.05) is 14.6 Å². The summed E-state index contributed by atoms with van der Waals surface area (Å²) in [4.78, 5) is 0.106. The minimum Gasteiger partial charge on any atom is -0.465 e. The van der Waals surface area contributed by atoms with Crippen molar-refractivity contribution in [2.45, 2.75) is 18.4 Å². The summed E-state index contributed by atoms with van der Waals surface area (Å²) in [7, 11) is -3.69. The van der Waals surface area contributed by atoms with Crippen molar-refractivity contribution in [2.75, 3.05) is 5.73 Å². The number of benzene rings is 1. The van der Waals surface area contributed by atoms with E-state index in [0.29, 0.717) is 20.4 Å². The maximum absolute atomic E-state index is 12.3. The van der Waals surface area contributed by atoms with Gasteiger partial charge in [0.1, 0.15) is 16.4 Å². The molecule has 0 radical (unpaired) electrons. The SMILES string of the molecule is Cc1ccc(CNS(=O)(=O)c2c(Br)cc(N)cc2Br)o1. The van der Waals surface area contributed by atoms with Crippen LogP contribution in [0.2, 0.25) is 0 Å². The molecule has 0 saturated carbocycles. The van der Waals surface area contributed by atoms with Crippen LogP contribution < -0.4 is 10.5 Å². The van der Waals surface area contributed by atoms with Gasteiger partial charge in [-0.25, -0.2) is 13.1 Å². The second kappa shape index (κ2) is 5.88. The van der Waals surface area contributed by atoms with Gasteiger partial charge >= 0.3 is 0 Å². The molecule has 0 spiro atoms. The fraction of sp³-hybridized carbons (Fsp3) is 0.167. The molecule has 5 nitrogen and oxygen atoms in total. The van der Waals surface area contributed by atoms with Gasteiger partial charge < -0.3 is 10.2 Å². The predicted octanol–water partition coefficient (Wildman–Crippen LogP) is 3.17. The lowest BCUT2D eigenvalue weighted by atomic mass is 10.3.